The summed E-state index contributed by atoms with van der Waals surface area (Å²) in [7, 11) is 4.37. The highest BCUT2D eigenvalue weighted by Crippen LogP contribution is 2.24. The number of anilines is 1. The zero-order valence-corrected chi connectivity index (χ0v) is 15.3. The van der Waals surface area contributed by atoms with E-state index in [0.29, 0.717) is 17.2 Å². The number of hydrogen-bond acceptors (Lipinski definition) is 5. The SMILES string of the molecule is COC(=O)c1cc(NC(=O)NCc2cc(OC)ccc2OC)ccc1Cl. The number of halogens is 1. The standard InChI is InChI=1S/C18H19ClN2O5/c1-24-13-5-7-16(25-2)11(8-13)10-20-18(23)21-12-4-6-15(19)14(9-12)17(22)26-3/h4-9H,10H2,1-3H3,(H2,20,21,23). The van der Waals surface area contributed by atoms with Gasteiger partial charge in [0.2, 0.25) is 0 Å². The lowest BCUT2D eigenvalue weighted by Gasteiger charge is -2.12. The fourth-order valence-corrected chi connectivity index (χ4v) is 2.43. The summed E-state index contributed by atoms with van der Waals surface area (Å²) in [6, 6.07) is 9.39. The molecular formula is C18H19ClN2O5. The van der Waals surface area contributed by atoms with Gasteiger partial charge in [0, 0.05) is 17.8 Å². The summed E-state index contributed by atoms with van der Waals surface area (Å²) in [5.41, 5.74) is 1.33. The normalized spacial score (nSPS) is 10.0. The van der Waals surface area contributed by atoms with Gasteiger partial charge < -0.3 is 24.8 Å². The van der Waals surface area contributed by atoms with Crippen LogP contribution in [0.25, 0.3) is 0 Å². The van der Waals surface area contributed by atoms with Crippen molar-refractivity contribution < 1.29 is 23.8 Å². The van der Waals surface area contributed by atoms with Crippen LogP contribution >= 0.6 is 11.6 Å². The van der Waals surface area contributed by atoms with Crippen LogP contribution < -0.4 is 20.1 Å². The van der Waals surface area contributed by atoms with Crippen LogP contribution in [0.1, 0.15) is 15.9 Å². The van der Waals surface area contributed by atoms with E-state index in [-0.39, 0.29) is 17.1 Å². The molecule has 138 valence electrons. The van der Waals surface area contributed by atoms with Gasteiger partial charge in [-0.05, 0) is 36.4 Å². The molecule has 2 aromatic rings. The topological polar surface area (TPSA) is 85.9 Å². The largest absolute Gasteiger partial charge is 0.497 e. The second kappa shape index (κ2) is 8.96. The minimum atomic E-state index is -0.583. The Balaban J connectivity index is 2.05. The van der Waals surface area contributed by atoms with Crippen molar-refractivity contribution in [1.82, 2.24) is 5.32 Å². The number of esters is 1. The molecule has 2 N–H and O–H groups in total. The van der Waals surface area contributed by atoms with Crippen LogP contribution in [0.15, 0.2) is 36.4 Å². The average Bonchev–Trinajstić information content (AvgIpc) is 2.66. The van der Waals surface area contributed by atoms with Crippen molar-refractivity contribution in [3.05, 3.63) is 52.5 Å². The molecule has 0 heterocycles. The van der Waals surface area contributed by atoms with Crippen molar-refractivity contribution in [2.45, 2.75) is 6.54 Å². The van der Waals surface area contributed by atoms with Gasteiger partial charge in [-0.3, -0.25) is 0 Å². The summed E-state index contributed by atoms with van der Waals surface area (Å²) >= 11 is 5.95. The molecule has 0 aliphatic rings. The first-order valence-electron chi connectivity index (χ1n) is 7.62. The fourth-order valence-electron chi connectivity index (χ4n) is 2.24. The Labute approximate surface area is 156 Å². The lowest BCUT2D eigenvalue weighted by Crippen LogP contribution is -2.28. The maximum absolute atomic E-state index is 12.1. The van der Waals surface area contributed by atoms with Crippen molar-refractivity contribution in [2.24, 2.45) is 0 Å². The summed E-state index contributed by atoms with van der Waals surface area (Å²) in [6.45, 7) is 0.226. The Morgan fingerprint density at radius 3 is 2.46 bits per heavy atom. The molecule has 0 fully saturated rings. The lowest BCUT2D eigenvalue weighted by atomic mass is 10.2. The molecule has 0 bridgehead atoms. The molecule has 0 radical (unpaired) electrons. The van der Waals surface area contributed by atoms with E-state index in [1.807, 2.05) is 0 Å². The van der Waals surface area contributed by atoms with Crippen LogP contribution in [-0.2, 0) is 11.3 Å². The van der Waals surface area contributed by atoms with E-state index in [9.17, 15) is 9.59 Å². The van der Waals surface area contributed by atoms with E-state index >= 15 is 0 Å². The van der Waals surface area contributed by atoms with E-state index in [0.717, 1.165) is 5.56 Å². The van der Waals surface area contributed by atoms with Gasteiger partial charge in [0.15, 0.2) is 0 Å². The first-order chi connectivity index (χ1) is 12.5. The van der Waals surface area contributed by atoms with Gasteiger partial charge in [-0.25, -0.2) is 9.59 Å². The van der Waals surface area contributed by atoms with Crippen LogP contribution in [0.5, 0.6) is 11.5 Å². The van der Waals surface area contributed by atoms with Gasteiger partial charge in [0.1, 0.15) is 11.5 Å². The van der Waals surface area contributed by atoms with Gasteiger partial charge in [-0.15, -0.1) is 0 Å². The van der Waals surface area contributed by atoms with Crippen molar-refractivity contribution in [1.29, 1.82) is 0 Å². The van der Waals surface area contributed by atoms with Gasteiger partial charge >= 0.3 is 12.0 Å². The molecule has 2 amide bonds. The van der Waals surface area contributed by atoms with Crippen LogP contribution in [0.2, 0.25) is 5.02 Å². The third-order valence-corrected chi connectivity index (χ3v) is 3.89. The predicted octanol–water partition coefficient (Wildman–Crippen LogP) is 3.47. The Morgan fingerprint density at radius 2 is 1.81 bits per heavy atom. The Kier molecular flexibility index (Phi) is 6.68. The highest BCUT2D eigenvalue weighted by Gasteiger charge is 2.13. The highest BCUT2D eigenvalue weighted by atomic mass is 35.5. The van der Waals surface area contributed by atoms with E-state index < -0.39 is 12.0 Å². The average molecular weight is 379 g/mol. The molecule has 2 aromatic carbocycles. The zero-order chi connectivity index (χ0) is 19.1. The summed E-state index contributed by atoms with van der Waals surface area (Å²) in [5, 5.41) is 5.59. The maximum Gasteiger partial charge on any atom is 0.339 e. The highest BCUT2D eigenvalue weighted by molar-refractivity contribution is 6.33. The molecule has 0 unspecified atom stereocenters. The summed E-state index contributed by atoms with van der Waals surface area (Å²) in [6.07, 6.45) is 0. The zero-order valence-electron chi connectivity index (χ0n) is 14.6. The van der Waals surface area contributed by atoms with E-state index in [1.54, 1.807) is 38.5 Å². The Bertz CT molecular complexity index is 810. The third kappa shape index (κ3) is 4.80. The number of urea groups is 1. The van der Waals surface area contributed by atoms with Crippen molar-refractivity contribution >= 4 is 29.3 Å². The molecule has 26 heavy (non-hydrogen) atoms. The van der Waals surface area contributed by atoms with E-state index in [4.69, 9.17) is 21.1 Å². The lowest BCUT2D eigenvalue weighted by molar-refractivity contribution is 0.0601. The minimum Gasteiger partial charge on any atom is -0.497 e. The molecule has 0 saturated carbocycles. The van der Waals surface area contributed by atoms with Gasteiger partial charge in [-0.2, -0.15) is 0 Å². The molecule has 8 heteroatoms. The second-order valence-electron chi connectivity index (χ2n) is 5.17. The molecule has 0 spiro atoms. The number of amides is 2. The maximum atomic E-state index is 12.1. The fraction of sp³-hybridized carbons (Fsp3) is 0.222. The number of nitrogens with one attached hydrogen (secondary N) is 2. The monoisotopic (exact) mass is 378 g/mol. The summed E-state index contributed by atoms with van der Waals surface area (Å²) in [5.74, 6) is 0.703. The smallest absolute Gasteiger partial charge is 0.339 e. The number of methoxy groups -OCH3 is 3. The van der Waals surface area contributed by atoms with Gasteiger partial charge in [0.25, 0.3) is 0 Å². The van der Waals surface area contributed by atoms with Crippen LogP contribution in [0, 0.1) is 0 Å². The van der Waals surface area contributed by atoms with Crippen LogP contribution in [0.4, 0.5) is 10.5 Å². The molecule has 0 aromatic heterocycles. The van der Waals surface area contributed by atoms with Gasteiger partial charge in [0.05, 0.1) is 31.9 Å². The molecule has 0 aliphatic heterocycles. The molecule has 0 saturated heterocycles. The number of carbonyl (C=O) groups excluding carboxylic acids is 2. The van der Waals surface area contributed by atoms with Crippen LogP contribution in [0.3, 0.4) is 0 Å². The van der Waals surface area contributed by atoms with Crippen LogP contribution in [-0.4, -0.2) is 33.3 Å². The van der Waals surface area contributed by atoms with Crippen molar-refractivity contribution in [2.75, 3.05) is 26.6 Å². The third-order valence-electron chi connectivity index (χ3n) is 3.56. The number of hydrogen-bond donors (Lipinski definition) is 2. The molecule has 2 rings (SSSR count). The van der Waals surface area contributed by atoms with Gasteiger partial charge in [-0.1, -0.05) is 11.6 Å². The number of ether oxygens (including phenoxy) is 3. The number of carbonyl (C=O) groups is 2. The Hall–Kier alpha value is -2.93. The van der Waals surface area contributed by atoms with Crippen molar-refractivity contribution in [3.8, 4) is 11.5 Å². The molecule has 0 aliphatic carbocycles. The molecule has 7 nitrogen and oxygen atoms in total. The first kappa shape index (κ1) is 19.4. The predicted molar refractivity (Wildman–Crippen MR) is 98.2 cm³/mol. The van der Waals surface area contributed by atoms with E-state index in [2.05, 4.69) is 15.4 Å². The molecule has 0 atom stereocenters. The number of benzene rings is 2. The van der Waals surface area contributed by atoms with E-state index in [1.165, 1.54) is 19.2 Å². The van der Waals surface area contributed by atoms with Crippen molar-refractivity contribution in [3.63, 3.8) is 0 Å². The Morgan fingerprint density at radius 1 is 1.04 bits per heavy atom. The first-order valence-corrected chi connectivity index (χ1v) is 8.00. The second-order valence-corrected chi connectivity index (χ2v) is 5.58. The summed E-state index contributed by atoms with van der Waals surface area (Å²) in [4.78, 5) is 23.8. The molecular weight excluding hydrogens is 360 g/mol. The summed E-state index contributed by atoms with van der Waals surface area (Å²) < 4.78 is 15.1. The quantitative estimate of drug-likeness (QED) is 0.752. The number of rotatable bonds is 6. The minimum absolute atomic E-state index is 0.168.